The molecule has 1 N–H and O–H groups in total. The molecule has 2 rings (SSSR count). The van der Waals surface area contributed by atoms with Crippen LogP contribution in [0.15, 0.2) is 24.3 Å². The predicted molar refractivity (Wildman–Crippen MR) is 71.5 cm³/mol. The van der Waals surface area contributed by atoms with E-state index in [1.54, 1.807) is 0 Å². The second-order valence-electron chi connectivity index (χ2n) is 4.17. The van der Waals surface area contributed by atoms with E-state index in [1.165, 1.54) is 0 Å². The molecule has 0 aliphatic heterocycles. The highest BCUT2D eigenvalue weighted by Crippen LogP contribution is 2.36. The van der Waals surface area contributed by atoms with E-state index < -0.39 is 38.9 Å². The molecular formula is C12H5ClF6N2OS. The van der Waals surface area contributed by atoms with Crippen molar-refractivity contribution in [3.8, 4) is 0 Å². The number of alkyl halides is 6. The minimum atomic E-state index is -4.91. The molecule has 2 aromatic rings. The molecule has 0 saturated carbocycles. The van der Waals surface area contributed by atoms with Gasteiger partial charge in [-0.3, -0.25) is 4.79 Å². The van der Waals surface area contributed by atoms with Crippen LogP contribution in [-0.2, 0) is 12.4 Å². The highest BCUT2D eigenvalue weighted by atomic mass is 35.5. The highest BCUT2D eigenvalue weighted by molar-refractivity contribution is 7.17. The predicted octanol–water partition coefficient (Wildman–Crippen LogP) is 5.09. The van der Waals surface area contributed by atoms with E-state index >= 15 is 0 Å². The lowest BCUT2D eigenvalue weighted by Crippen LogP contribution is -2.17. The van der Waals surface area contributed by atoms with Gasteiger partial charge in [0.2, 0.25) is 0 Å². The highest BCUT2D eigenvalue weighted by Gasteiger charge is 2.39. The molecule has 23 heavy (non-hydrogen) atoms. The van der Waals surface area contributed by atoms with Crippen LogP contribution in [0.4, 0.5) is 32.0 Å². The minimum Gasteiger partial charge on any atom is -0.321 e. The molecule has 0 spiro atoms. The fraction of sp³-hybridized carbons (Fsp3) is 0.167. The van der Waals surface area contributed by atoms with E-state index in [0.29, 0.717) is 6.07 Å². The van der Waals surface area contributed by atoms with Gasteiger partial charge in [-0.15, -0.1) is 0 Å². The van der Waals surface area contributed by atoms with Crippen molar-refractivity contribution in [1.29, 1.82) is 0 Å². The second-order valence-corrected chi connectivity index (χ2v) is 5.76. The Kier molecular flexibility index (Phi) is 4.58. The van der Waals surface area contributed by atoms with Crippen molar-refractivity contribution in [2.75, 3.05) is 5.32 Å². The molecule has 0 radical (unpaired) electrons. The Bertz CT molecular complexity index is 740. The van der Waals surface area contributed by atoms with Gasteiger partial charge in [-0.25, -0.2) is 4.98 Å². The third-order valence-corrected chi connectivity index (χ3v) is 3.68. The van der Waals surface area contributed by atoms with E-state index in [0.717, 1.165) is 18.2 Å². The number of halogens is 7. The fourth-order valence-electron chi connectivity index (χ4n) is 1.60. The van der Waals surface area contributed by atoms with Gasteiger partial charge in [-0.2, -0.15) is 26.3 Å². The number of anilines is 1. The first-order valence-corrected chi connectivity index (χ1v) is 6.90. The first-order valence-electron chi connectivity index (χ1n) is 5.70. The molecule has 3 nitrogen and oxygen atoms in total. The summed E-state index contributed by atoms with van der Waals surface area (Å²) in [5.41, 5.74) is -2.84. The summed E-state index contributed by atoms with van der Waals surface area (Å²) in [6, 6.07) is 3.50. The maximum absolute atomic E-state index is 12.7. The molecule has 0 saturated heterocycles. The number of hydrogen-bond donors (Lipinski definition) is 1. The van der Waals surface area contributed by atoms with E-state index in [4.69, 9.17) is 11.6 Å². The molecule has 1 amide bonds. The number of benzene rings is 1. The summed E-state index contributed by atoms with van der Waals surface area (Å²) in [5.74, 6) is -1.25. The molecule has 1 heterocycles. The van der Waals surface area contributed by atoms with E-state index in [1.807, 2.05) is 5.32 Å². The van der Waals surface area contributed by atoms with Gasteiger partial charge in [0.05, 0.1) is 5.56 Å². The zero-order chi connectivity index (χ0) is 17.4. The number of thiazole rings is 1. The lowest BCUT2D eigenvalue weighted by atomic mass is 10.2. The summed E-state index contributed by atoms with van der Waals surface area (Å²) in [5, 5.41) is 1.97. The number of rotatable bonds is 2. The summed E-state index contributed by atoms with van der Waals surface area (Å²) >= 11 is 5.66. The summed E-state index contributed by atoms with van der Waals surface area (Å²) in [4.78, 5) is 14.1. The maximum Gasteiger partial charge on any atom is 0.435 e. The molecule has 11 heteroatoms. The topological polar surface area (TPSA) is 42.0 Å². The zero-order valence-corrected chi connectivity index (χ0v) is 12.3. The molecule has 0 atom stereocenters. The number of carbonyl (C=O) groups is 1. The number of carbonyl (C=O) groups excluding carboxylic acids is 1. The maximum atomic E-state index is 12.7. The van der Waals surface area contributed by atoms with Crippen LogP contribution in [0.3, 0.4) is 0 Å². The van der Waals surface area contributed by atoms with Crippen molar-refractivity contribution in [2.24, 2.45) is 0 Å². The SMILES string of the molecule is O=C(Nc1cccc(C(F)(F)F)c1)c1sc(Cl)nc1C(F)(F)F. The van der Waals surface area contributed by atoms with Crippen LogP contribution >= 0.6 is 22.9 Å². The normalized spacial score (nSPS) is 12.3. The summed E-state index contributed by atoms with van der Waals surface area (Å²) in [6.45, 7) is 0. The van der Waals surface area contributed by atoms with Gasteiger partial charge in [0, 0.05) is 5.69 Å². The summed E-state index contributed by atoms with van der Waals surface area (Å²) < 4.78 is 75.4. The fourth-order valence-corrected chi connectivity index (χ4v) is 2.62. The van der Waals surface area contributed by atoms with E-state index in [9.17, 15) is 31.1 Å². The molecular weight excluding hydrogens is 370 g/mol. The van der Waals surface area contributed by atoms with Crippen LogP contribution in [0.1, 0.15) is 20.9 Å². The Morgan fingerprint density at radius 3 is 2.35 bits per heavy atom. The first kappa shape index (κ1) is 17.5. The van der Waals surface area contributed by atoms with Crippen LogP contribution < -0.4 is 5.32 Å². The van der Waals surface area contributed by atoms with Crippen molar-refractivity contribution < 1.29 is 31.1 Å². The van der Waals surface area contributed by atoms with Crippen molar-refractivity contribution in [3.05, 3.63) is 44.9 Å². The van der Waals surface area contributed by atoms with Crippen LogP contribution in [0.2, 0.25) is 4.47 Å². The van der Waals surface area contributed by atoms with Crippen molar-refractivity contribution in [3.63, 3.8) is 0 Å². The lowest BCUT2D eigenvalue weighted by molar-refractivity contribution is -0.141. The third-order valence-electron chi connectivity index (χ3n) is 2.52. The molecule has 0 fully saturated rings. The number of aromatic nitrogens is 1. The molecule has 1 aromatic carbocycles. The van der Waals surface area contributed by atoms with Gasteiger partial charge < -0.3 is 5.32 Å². The number of nitrogens with one attached hydrogen (secondary N) is 1. The Morgan fingerprint density at radius 1 is 1.13 bits per heavy atom. The van der Waals surface area contributed by atoms with Gasteiger partial charge in [0.15, 0.2) is 10.2 Å². The van der Waals surface area contributed by atoms with Gasteiger partial charge in [-0.1, -0.05) is 29.0 Å². The third kappa shape index (κ3) is 4.14. The Morgan fingerprint density at radius 2 is 1.78 bits per heavy atom. The quantitative estimate of drug-likeness (QED) is 0.744. The van der Waals surface area contributed by atoms with Crippen molar-refractivity contribution in [1.82, 2.24) is 4.98 Å². The van der Waals surface area contributed by atoms with Gasteiger partial charge in [0.1, 0.15) is 4.88 Å². The average molecular weight is 375 g/mol. The van der Waals surface area contributed by atoms with Crippen LogP contribution in [0.5, 0.6) is 0 Å². The molecule has 124 valence electrons. The Hall–Kier alpha value is -1.81. The van der Waals surface area contributed by atoms with Gasteiger partial charge in [0.25, 0.3) is 5.91 Å². The van der Waals surface area contributed by atoms with Crippen LogP contribution in [-0.4, -0.2) is 10.9 Å². The van der Waals surface area contributed by atoms with Crippen LogP contribution in [0, 0.1) is 0 Å². The van der Waals surface area contributed by atoms with Crippen molar-refractivity contribution >= 4 is 34.5 Å². The average Bonchev–Trinajstić information content (AvgIpc) is 2.80. The second kappa shape index (κ2) is 6.00. The van der Waals surface area contributed by atoms with Gasteiger partial charge >= 0.3 is 12.4 Å². The number of amides is 1. The van der Waals surface area contributed by atoms with Crippen molar-refractivity contribution in [2.45, 2.75) is 12.4 Å². The first-order chi connectivity index (χ1) is 10.5. The lowest BCUT2D eigenvalue weighted by Gasteiger charge is -2.10. The largest absolute Gasteiger partial charge is 0.435 e. The molecule has 0 aliphatic rings. The monoisotopic (exact) mass is 374 g/mol. The zero-order valence-electron chi connectivity index (χ0n) is 10.7. The van der Waals surface area contributed by atoms with E-state index in [-0.39, 0.29) is 17.0 Å². The standard InChI is InChI=1S/C12H5ClF6N2OS/c13-10-21-8(12(17,18)19)7(23-10)9(22)20-6-3-1-2-5(4-6)11(14,15)16/h1-4H,(H,20,22). The minimum absolute atomic E-state index is 0.278. The number of hydrogen-bond acceptors (Lipinski definition) is 3. The Balaban J connectivity index is 2.31. The van der Waals surface area contributed by atoms with Gasteiger partial charge in [-0.05, 0) is 18.2 Å². The molecule has 1 aromatic heterocycles. The smallest absolute Gasteiger partial charge is 0.321 e. The molecule has 0 bridgehead atoms. The molecule has 0 aliphatic carbocycles. The summed E-state index contributed by atoms with van der Waals surface area (Å²) in [7, 11) is 0. The Labute approximate surface area is 133 Å². The molecule has 0 unspecified atom stereocenters. The number of nitrogens with zero attached hydrogens (tertiary/aromatic N) is 1. The summed E-state index contributed by atoms with van der Waals surface area (Å²) in [6.07, 6.45) is -9.56. The van der Waals surface area contributed by atoms with E-state index in [2.05, 4.69) is 4.98 Å². The van der Waals surface area contributed by atoms with Crippen LogP contribution in [0.25, 0.3) is 0 Å².